The van der Waals surface area contributed by atoms with Crippen molar-refractivity contribution in [3.8, 4) is 0 Å². The molecule has 4 rings (SSSR count). The second-order valence-electron chi connectivity index (χ2n) is 7.97. The molecule has 1 spiro atoms. The highest BCUT2D eigenvalue weighted by molar-refractivity contribution is 6.07. The predicted octanol–water partition coefficient (Wildman–Crippen LogP) is 2.47. The molecule has 7 heteroatoms. The minimum absolute atomic E-state index is 0.000945. The fourth-order valence-corrected chi connectivity index (χ4v) is 4.64. The van der Waals surface area contributed by atoms with Crippen LogP contribution < -0.4 is 4.90 Å². The lowest BCUT2D eigenvalue weighted by atomic mass is 9.73. The van der Waals surface area contributed by atoms with Gasteiger partial charge >= 0.3 is 5.97 Å². The largest absolute Gasteiger partial charge is 0.481 e. The first-order chi connectivity index (χ1) is 13.9. The number of pyridine rings is 1. The monoisotopic (exact) mass is 397 g/mol. The summed E-state index contributed by atoms with van der Waals surface area (Å²) in [5.41, 5.74) is 1.57. The zero-order chi connectivity index (χ0) is 20.6. The molecule has 1 fully saturated rings. The molecule has 0 bridgehead atoms. The van der Waals surface area contributed by atoms with Crippen molar-refractivity contribution in [2.24, 2.45) is 5.92 Å². The second-order valence-corrected chi connectivity index (χ2v) is 7.97. The molecule has 1 saturated heterocycles. The number of nitrogens with zero attached hydrogens (tertiary/aromatic N) is 3. The van der Waals surface area contributed by atoms with Crippen LogP contribution in [0.5, 0.6) is 0 Å². The van der Waals surface area contributed by atoms with Gasteiger partial charge in [-0.2, -0.15) is 0 Å². The quantitative estimate of drug-likeness (QED) is 0.839. The lowest BCUT2D eigenvalue weighted by Gasteiger charge is -2.39. The van der Waals surface area contributed by atoms with Crippen LogP contribution in [0, 0.1) is 11.7 Å². The van der Waals surface area contributed by atoms with Crippen molar-refractivity contribution in [1.82, 2.24) is 9.88 Å². The number of carbonyl (C=O) groups is 2. The number of hydrogen-bond acceptors (Lipinski definition) is 4. The summed E-state index contributed by atoms with van der Waals surface area (Å²) >= 11 is 0. The van der Waals surface area contributed by atoms with E-state index in [0.29, 0.717) is 38.9 Å². The summed E-state index contributed by atoms with van der Waals surface area (Å²) in [6, 6.07) is 10.0. The van der Waals surface area contributed by atoms with E-state index in [0.717, 1.165) is 16.9 Å². The van der Waals surface area contributed by atoms with Crippen molar-refractivity contribution >= 4 is 17.6 Å². The van der Waals surface area contributed by atoms with Crippen molar-refractivity contribution in [1.29, 1.82) is 0 Å². The van der Waals surface area contributed by atoms with Crippen molar-refractivity contribution in [2.75, 3.05) is 31.6 Å². The van der Waals surface area contributed by atoms with Gasteiger partial charge in [0.05, 0.1) is 11.3 Å². The SMILES string of the molecule is CN1C(=O)C2(CCN(CC(Cc3ccccn3)C(=O)O)CC2)c2cc(F)ccc21. The zero-order valence-electron chi connectivity index (χ0n) is 16.3. The van der Waals surface area contributed by atoms with Gasteiger partial charge in [0.15, 0.2) is 0 Å². The van der Waals surface area contributed by atoms with Crippen LogP contribution in [0.15, 0.2) is 42.6 Å². The number of amides is 1. The van der Waals surface area contributed by atoms with E-state index >= 15 is 0 Å². The maximum absolute atomic E-state index is 13.9. The molecule has 29 heavy (non-hydrogen) atoms. The molecular formula is C22H24FN3O3. The number of carbonyl (C=O) groups excluding carboxylic acids is 1. The van der Waals surface area contributed by atoms with Crippen molar-refractivity contribution in [3.63, 3.8) is 0 Å². The molecule has 0 aliphatic carbocycles. The number of hydrogen-bond donors (Lipinski definition) is 1. The number of aliphatic carboxylic acids is 1. The maximum Gasteiger partial charge on any atom is 0.308 e. The van der Waals surface area contributed by atoms with Crippen molar-refractivity contribution in [2.45, 2.75) is 24.7 Å². The number of likely N-dealkylation sites (tertiary alicyclic amines) is 1. The summed E-state index contributed by atoms with van der Waals surface area (Å²) in [7, 11) is 1.73. The average Bonchev–Trinajstić information content (AvgIpc) is 2.91. The lowest BCUT2D eigenvalue weighted by Crippen LogP contribution is -2.49. The zero-order valence-corrected chi connectivity index (χ0v) is 16.3. The van der Waals surface area contributed by atoms with Crippen LogP contribution in [0.4, 0.5) is 10.1 Å². The Morgan fingerprint density at radius 3 is 2.69 bits per heavy atom. The topological polar surface area (TPSA) is 73.7 Å². The fraction of sp³-hybridized carbons (Fsp3) is 0.409. The Labute approximate surface area is 169 Å². The summed E-state index contributed by atoms with van der Waals surface area (Å²) in [5.74, 6) is -1.75. The molecule has 152 valence electrons. The summed E-state index contributed by atoms with van der Waals surface area (Å²) in [4.78, 5) is 32.7. The first-order valence-electron chi connectivity index (χ1n) is 9.84. The number of rotatable bonds is 5. The molecule has 1 aromatic carbocycles. The van der Waals surface area contributed by atoms with Crippen LogP contribution in [0.3, 0.4) is 0 Å². The molecule has 1 unspecified atom stereocenters. The summed E-state index contributed by atoms with van der Waals surface area (Å²) < 4.78 is 13.9. The molecule has 1 aromatic heterocycles. The molecule has 6 nitrogen and oxygen atoms in total. The van der Waals surface area contributed by atoms with Crippen LogP contribution in [-0.4, -0.2) is 53.5 Å². The molecule has 1 atom stereocenters. The standard InChI is InChI=1S/C22H24FN3O3/c1-25-19-6-5-16(23)13-18(19)22(21(25)29)7-10-26(11-8-22)14-15(20(27)28)12-17-4-2-3-9-24-17/h2-6,9,13,15H,7-8,10-12,14H2,1H3,(H,27,28). The lowest BCUT2D eigenvalue weighted by molar-refractivity contribution is -0.142. The highest BCUT2D eigenvalue weighted by Gasteiger charge is 2.51. The number of aromatic nitrogens is 1. The highest BCUT2D eigenvalue weighted by Crippen LogP contribution is 2.47. The van der Waals surface area contributed by atoms with Crippen LogP contribution in [0.2, 0.25) is 0 Å². The molecule has 2 aromatic rings. The Bertz CT molecular complexity index is 926. The van der Waals surface area contributed by atoms with Gasteiger partial charge in [-0.3, -0.25) is 14.6 Å². The second kappa shape index (κ2) is 7.55. The predicted molar refractivity (Wildman–Crippen MR) is 106 cm³/mol. The first kappa shape index (κ1) is 19.5. The highest BCUT2D eigenvalue weighted by atomic mass is 19.1. The number of piperidine rings is 1. The van der Waals surface area contributed by atoms with E-state index in [1.54, 1.807) is 30.3 Å². The van der Waals surface area contributed by atoms with Gasteiger partial charge in [-0.25, -0.2) is 4.39 Å². The number of fused-ring (bicyclic) bond motifs is 2. The molecule has 2 aliphatic heterocycles. The van der Waals surface area contributed by atoms with Crippen LogP contribution in [0.25, 0.3) is 0 Å². The van der Waals surface area contributed by atoms with E-state index < -0.39 is 17.3 Å². The Morgan fingerprint density at radius 1 is 1.28 bits per heavy atom. The van der Waals surface area contributed by atoms with Gasteiger partial charge in [0.2, 0.25) is 5.91 Å². The Kier molecular flexibility index (Phi) is 5.08. The third-order valence-corrected chi connectivity index (χ3v) is 6.27. The van der Waals surface area contributed by atoms with Crippen molar-refractivity contribution in [3.05, 3.63) is 59.7 Å². The van der Waals surface area contributed by atoms with Gasteiger partial charge < -0.3 is 14.9 Å². The Hall–Kier alpha value is -2.80. The summed E-state index contributed by atoms with van der Waals surface area (Å²) in [6.45, 7) is 1.60. The van der Waals surface area contributed by atoms with E-state index in [2.05, 4.69) is 9.88 Å². The van der Waals surface area contributed by atoms with Crippen LogP contribution >= 0.6 is 0 Å². The minimum atomic E-state index is -0.847. The van der Waals surface area contributed by atoms with Gasteiger partial charge in [0.1, 0.15) is 5.82 Å². The molecule has 2 aliphatic rings. The number of carboxylic acid groups (broad SMARTS) is 1. The summed E-state index contributed by atoms with van der Waals surface area (Å²) in [6.07, 6.45) is 3.15. The Balaban J connectivity index is 1.47. The molecular weight excluding hydrogens is 373 g/mol. The van der Waals surface area contributed by atoms with E-state index in [9.17, 15) is 19.1 Å². The van der Waals surface area contributed by atoms with E-state index in [-0.39, 0.29) is 11.7 Å². The number of carboxylic acids is 1. The third kappa shape index (κ3) is 3.51. The first-order valence-corrected chi connectivity index (χ1v) is 9.84. The molecule has 1 N–H and O–H groups in total. The van der Waals surface area contributed by atoms with Gasteiger partial charge in [0, 0.05) is 37.6 Å². The van der Waals surface area contributed by atoms with Crippen molar-refractivity contribution < 1.29 is 19.1 Å². The molecule has 3 heterocycles. The smallest absolute Gasteiger partial charge is 0.308 e. The maximum atomic E-state index is 13.9. The fourth-order valence-electron chi connectivity index (χ4n) is 4.64. The van der Waals surface area contributed by atoms with Gasteiger partial charge in [-0.05, 0) is 61.8 Å². The summed E-state index contributed by atoms with van der Waals surface area (Å²) in [5, 5.41) is 9.65. The van der Waals surface area contributed by atoms with E-state index in [4.69, 9.17) is 0 Å². The number of anilines is 1. The normalized spacial score (nSPS) is 19.4. The number of benzene rings is 1. The Morgan fingerprint density at radius 2 is 2.03 bits per heavy atom. The average molecular weight is 397 g/mol. The molecule has 0 saturated carbocycles. The van der Waals surface area contributed by atoms with E-state index in [1.165, 1.54) is 12.1 Å². The number of halogens is 1. The van der Waals surface area contributed by atoms with Gasteiger partial charge in [-0.15, -0.1) is 0 Å². The molecule has 1 amide bonds. The third-order valence-electron chi connectivity index (χ3n) is 6.27. The minimum Gasteiger partial charge on any atom is -0.481 e. The van der Waals surface area contributed by atoms with Gasteiger partial charge in [0.25, 0.3) is 0 Å². The van der Waals surface area contributed by atoms with Crippen LogP contribution in [0.1, 0.15) is 24.1 Å². The van der Waals surface area contributed by atoms with Crippen LogP contribution in [-0.2, 0) is 21.4 Å². The van der Waals surface area contributed by atoms with Gasteiger partial charge in [-0.1, -0.05) is 6.07 Å². The number of likely N-dealkylation sites (N-methyl/N-ethyl adjacent to an activating group) is 1. The molecule has 0 radical (unpaired) electrons. The van der Waals surface area contributed by atoms with E-state index in [1.807, 2.05) is 12.1 Å².